The smallest absolute Gasteiger partial charge is 0.243 e. The third-order valence-electron chi connectivity index (χ3n) is 4.99. The second-order valence-corrected chi connectivity index (χ2v) is 9.88. The molecule has 0 spiro atoms. The molecule has 0 unspecified atom stereocenters. The molecule has 4 rings (SSSR count). The van der Waals surface area contributed by atoms with Gasteiger partial charge in [0.2, 0.25) is 10.0 Å². The van der Waals surface area contributed by atoms with Crippen LogP contribution in [0.2, 0.25) is 0 Å². The molecule has 0 atom stereocenters. The van der Waals surface area contributed by atoms with Gasteiger partial charge in [-0.15, -0.1) is 11.3 Å². The molecule has 0 saturated heterocycles. The van der Waals surface area contributed by atoms with Crippen LogP contribution in [0, 0.1) is 6.92 Å². The van der Waals surface area contributed by atoms with Gasteiger partial charge in [0.1, 0.15) is 5.01 Å². The quantitative estimate of drug-likeness (QED) is 0.614. The molecule has 0 radical (unpaired) electrons. The number of aryl methyl sites for hydroxylation is 1. The van der Waals surface area contributed by atoms with Gasteiger partial charge in [-0.3, -0.25) is 0 Å². The molecule has 2 heterocycles. The molecule has 6 nitrogen and oxygen atoms in total. The van der Waals surface area contributed by atoms with E-state index in [-0.39, 0.29) is 4.90 Å². The van der Waals surface area contributed by atoms with Crippen LogP contribution in [0.4, 0.5) is 0 Å². The summed E-state index contributed by atoms with van der Waals surface area (Å²) in [6.45, 7) is 2.78. The lowest BCUT2D eigenvalue weighted by Gasteiger charge is -2.25. The fraction of sp³-hybridized carbons (Fsp3) is 0.286. The Labute approximate surface area is 174 Å². The Bertz CT molecular complexity index is 1140. The van der Waals surface area contributed by atoms with Crippen molar-refractivity contribution in [2.75, 3.05) is 20.8 Å². The number of aromatic nitrogens is 1. The van der Waals surface area contributed by atoms with Crippen LogP contribution < -0.4 is 9.47 Å². The Hall–Kier alpha value is -2.42. The highest BCUT2D eigenvalue weighted by Crippen LogP contribution is 2.35. The van der Waals surface area contributed by atoms with Gasteiger partial charge in [-0.25, -0.2) is 13.4 Å². The van der Waals surface area contributed by atoms with E-state index in [2.05, 4.69) is 24.3 Å². The summed E-state index contributed by atoms with van der Waals surface area (Å²) in [5, 5.41) is 0.931. The van der Waals surface area contributed by atoms with Crippen molar-refractivity contribution in [1.82, 2.24) is 9.29 Å². The predicted octanol–water partition coefficient (Wildman–Crippen LogP) is 3.88. The summed E-state index contributed by atoms with van der Waals surface area (Å²) in [7, 11) is -0.634. The lowest BCUT2D eigenvalue weighted by Crippen LogP contribution is -2.35. The largest absolute Gasteiger partial charge is 0.493 e. The van der Waals surface area contributed by atoms with E-state index < -0.39 is 10.0 Å². The van der Waals surface area contributed by atoms with Crippen LogP contribution >= 0.6 is 11.3 Å². The Kier molecular flexibility index (Phi) is 5.33. The van der Waals surface area contributed by atoms with Crippen LogP contribution in [0.15, 0.2) is 47.4 Å². The maximum atomic E-state index is 13.2. The molecule has 0 bridgehead atoms. The number of sulfonamides is 1. The zero-order chi connectivity index (χ0) is 20.6. The molecular weight excluding hydrogens is 408 g/mol. The molecule has 1 aromatic heterocycles. The fourth-order valence-electron chi connectivity index (χ4n) is 3.32. The Morgan fingerprint density at radius 2 is 1.76 bits per heavy atom. The summed E-state index contributed by atoms with van der Waals surface area (Å²) in [6, 6.07) is 12.9. The van der Waals surface area contributed by atoms with Gasteiger partial charge in [-0.2, -0.15) is 4.31 Å². The maximum Gasteiger partial charge on any atom is 0.243 e. The SMILES string of the molecule is COc1ccc(S(=O)(=O)N2CCc3nc(-c4ccc(C)cc4)sc3C2)cc1OC. The number of methoxy groups -OCH3 is 2. The highest BCUT2D eigenvalue weighted by atomic mass is 32.2. The maximum absolute atomic E-state index is 13.2. The number of fused-ring (bicyclic) bond motifs is 1. The molecule has 0 N–H and O–H groups in total. The van der Waals surface area contributed by atoms with Crippen molar-refractivity contribution in [1.29, 1.82) is 0 Å². The lowest BCUT2D eigenvalue weighted by molar-refractivity contribution is 0.353. The van der Waals surface area contributed by atoms with E-state index in [1.165, 1.54) is 30.2 Å². The van der Waals surface area contributed by atoms with E-state index in [0.717, 1.165) is 21.1 Å². The molecule has 152 valence electrons. The van der Waals surface area contributed by atoms with Crippen molar-refractivity contribution in [3.8, 4) is 22.1 Å². The van der Waals surface area contributed by atoms with Crippen LogP contribution in [0.5, 0.6) is 11.5 Å². The molecule has 1 aliphatic heterocycles. The zero-order valence-corrected chi connectivity index (χ0v) is 18.1. The first-order valence-electron chi connectivity index (χ1n) is 9.20. The average Bonchev–Trinajstić information content (AvgIpc) is 3.17. The van der Waals surface area contributed by atoms with Gasteiger partial charge >= 0.3 is 0 Å². The minimum Gasteiger partial charge on any atom is -0.493 e. The molecule has 0 fully saturated rings. The van der Waals surface area contributed by atoms with Gasteiger partial charge in [-0.05, 0) is 19.1 Å². The first-order chi connectivity index (χ1) is 13.9. The predicted molar refractivity (Wildman–Crippen MR) is 113 cm³/mol. The van der Waals surface area contributed by atoms with E-state index in [4.69, 9.17) is 14.5 Å². The van der Waals surface area contributed by atoms with Crippen LogP contribution in [0.25, 0.3) is 10.6 Å². The molecule has 0 amide bonds. The fourth-order valence-corrected chi connectivity index (χ4v) is 5.96. The van der Waals surface area contributed by atoms with Gasteiger partial charge in [0, 0.05) is 29.5 Å². The van der Waals surface area contributed by atoms with Crippen molar-refractivity contribution in [3.63, 3.8) is 0 Å². The molecular formula is C21H22N2O4S2. The monoisotopic (exact) mass is 430 g/mol. The molecule has 2 aromatic carbocycles. The van der Waals surface area contributed by atoms with Crippen LogP contribution in [0.1, 0.15) is 16.1 Å². The number of hydrogen-bond donors (Lipinski definition) is 0. The summed E-state index contributed by atoms with van der Waals surface area (Å²) in [5.41, 5.74) is 3.25. The molecule has 1 aliphatic rings. The van der Waals surface area contributed by atoms with E-state index in [0.29, 0.717) is 31.0 Å². The third-order valence-corrected chi connectivity index (χ3v) is 7.96. The van der Waals surface area contributed by atoms with E-state index in [1.54, 1.807) is 23.5 Å². The normalized spacial score (nSPS) is 14.4. The van der Waals surface area contributed by atoms with Crippen molar-refractivity contribution >= 4 is 21.4 Å². The first-order valence-corrected chi connectivity index (χ1v) is 11.5. The summed E-state index contributed by atoms with van der Waals surface area (Å²) in [5.74, 6) is 0.892. The van der Waals surface area contributed by atoms with Gasteiger partial charge in [0.25, 0.3) is 0 Å². The van der Waals surface area contributed by atoms with E-state index in [9.17, 15) is 8.42 Å². The minimum absolute atomic E-state index is 0.196. The second-order valence-electron chi connectivity index (χ2n) is 6.86. The summed E-state index contributed by atoms with van der Waals surface area (Å²) in [6.07, 6.45) is 0.601. The van der Waals surface area contributed by atoms with Crippen molar-refractivity contribution in [2.45, 2.75) is 24.8 Å². The molecule has 0 saturated carbocycles. The molecule has 0 aliphatic carbocycles. The van der Waals surface area contributed by atoms with Gasteiger partial charge < -0.3 is 9.47 Å². The number of ether oxygens (including phenoxy) is 2. The van der Waals surface area contributed by atoms with Crippen LogP contribution in [-0.4, -0.2) is 38.5 Å². The number of benzene rings is 2. The Balaban J connectivity index is 1.61. The minimum atomic E-state index is -3.65. The summed E-state index contributed by atoms with van der Waals surface area (Å²) in [4.78, 5) is 5.94. The van der Waals surface area contributed by atoms with Crippen LogP contribution in [-0.2, 0) is 23.0 Å². The zero-order valence-electron chi connectivity index (χ0n) is 16.5. The lowest BCUT2D eigenvalue weighted by atomic mass is 10.1. The summed E-state index contributed by atoms with van der Waals surface area (Å²) >= 11 is 1.56. The average molecular weight is 431 g/mol. The van der Waals surface area contributed by atoms with Gasteiger partial charge in [0.05, 0.1) is 31.4 Å². The van der Waals surface area contributed by atoms with E-state index >= 15 is 0 Å². The second kappa shape index (κ2) is 7.78. The number of thiazole rings is 1. The Morgan fingerprint density at radius 3 is 2.45 bits per heavy atom. The highest BCUT2D eigenvalue weighted by Gasteiger charge is 2.31. The van der Waals surface area contributed by atoms with Gasteiger partial charge in [-0.1, -0.05) is 29.8 Å². The van der Waals surface area contributed by atoms with Gasteiger partial charge in [0.15, 0.2) is 11.5 Å². The third kappa shape index (κ3) is 3.75. The number of hydrogen-bond acceptors (Lipinski definition) is 6. The molecule has 8 heteroatoms. The summed E-state index contributed by atoms with van der Waals surface area (Å²) < 4.78 is 38.4. The first kappa shape index (κ1) is 19.9. The van der Waals surface area contributed by atoms with Crippen LogP contribution in [0.3, 0.4) is 0 Å². The number of nitrogens with zero attached hydrogens (tertiary/aromatic N) is 2. The standard InChI is InChI=1S/C21H22N2O4S2/c1-14-4-6-15(7-5-14)21-22-17-10-11-23(13-20(17)28-21)29(24,25)16-8-9-18(26-2)19(12-16)27-3/h4-9,12H,10-11,13H2,1-3H3. The topological polar surface area (TPSA) is 68.7 Å². The number of rotatable bonds is 5. The van der Waals surface area contributed by atoms with Crippen molar-refractivity contribution in [3.05, 3.63) is 58.6 Å². The molecule has 29 heavy (non-hydrogen) atoms. The van der Waals surface area contributed by atoms with Crippen molar-refractivity contribution in [2.24, 2.45) is 0 Å². The van der Waals surface area contributed by atoms with Crippen molar-refractivity contribution < 1.29 is 17.9 Å². The Morgan fingerprint density at radius 1 is 1.03 bits per heavy atom. The molecule has 3 aromatic rings. The highest BCUT2D eigenvalue weighted by molar-refractivity contribution is 7.89. The van der Waals surface area contributed by atoms with E-state index in [1.807, 2.05) is 6.92 Å².